The lowest BCUT2D eigenvalue weighted by atomic mass is 10.2. The number of urea groups is 1. The van der Waals surface area contributed by atoms with E-state index in [4.69, 9.17) is 9.47 Å². The van der Waals surface area contributed by atoms with Crippen molar-refractivity contribution in [3.05, 3.63) is 52.8 Å². The number of carbonyl (C=O) groups excluding carboxylic acids is 2. The number of methoxy groups -OCH3 is 2. The number of hydrogen-bond acceptors (Lipinski definition) is 7. The lowest BCUT2D eigenvalue weighted by Crippen LogP contribution is -2.43. The van der Waals surface area contributed by atoms with Crippen LogP contribution in [0.2, 0.25) is 0 Å². The van der Waals surface area contributed by atoms with E-state index in [2.05, 4.69) is 15.6 Å². The SMILES string of the molecule is COc1ccc(-n2c(SCCC(=O)NC(=O)NC3CCCC3)nc3ccccc3c2=O)cc1OC. The number of nitrogens with zero attached hydrogens (tertiary/aromatic N) is 2. The number of carbonyl (C=O) groups is 2. The Kier molecular flexibility index (Phi) is 7.91. The standard InChI is InChI=1S/C25H28N4O5S/c1-33-20-12-11-17(15-21(20)34-2)29-23(31)18-9-5-6-10-19(18)27-25(29)35-14-13-22(30)28-24(32)26-16-7-3-4-8-16/h5-6,9-12,15-16H,3-4,7-8,13-14H2,1-2H3,(H2,26,28,30,32). The van der Waals surface area contributed by atoms with Crippen LogP contribution in [0.4, 0.5) is 4.79 Å². The fourth-order valence-corrected chi connectivity index (χ4v) is 5.07. The fraction of sp³-hybridized carbons (Fsp3) is 0.360. The lowest BCUT2D eigenvalue weighted by molar-refractivity contribution is -0.119. The number of para-hydroxylation sites is 1. The molecule has 184 valence electrons. The zero-order chi connectivity index (χ0) is 24.8. The molecule has 3 aromatic rings. The van der Waals surface area contributed by atoms with Gasteiger partial charge in [-0.3, -0.25) is 19.5 Å². The molecule has 0 aliphatic heterocycles. The highest BCUT2D eigenvalue weighted by Crippen LogP contribution is 2.30. The van der Waals surface area contributed by atoms with Crippen molar-refractivity contribution in [1.82, 2.24) is 20.2 Å². The summed E-state index contributed by atoms with van der Waals surface area (Å²) in [6, 6.07) is 12.0. The van der Waals surface area contributed by atoms with Gasteiger partial charge in [0.2, 0.25) is 5.91 Å². The van der Waals surface area contributed by atoms with Gasteiger partial charge in [0.25, 0.3) is 5.56 Å². The minimum absolute atomic E-state index is 0.0946. The van der Waals surface area contributed by atoms with Gasteiger partial charge >= 0.3 is 6.03 Å². The Labute approximate surface area is 207 Å². The summed E-state index contributed by atoms with van der Waals surface area (Å²) >= 11 is 1.27. The number of fused-ring (bicyclic) bond motifs is 1. The molecule has 0 spiro atoms. The summed E-state index contributed by atoms with van der Waals surface area (Å²) in [6.07, 6.45) is 4.17. The van der Waals surface area contributed by atoms with Crippen LogP contribution in [0.15, 0.2) is 52.4 Å². The zero-order valence-corrected chi connectivity index (χ0v) is 20.5. The van der Waals surface area contributed by atoms with Crippen LogP contribution < -0.4 is 25.7 Å². The Morgan fingerprint density at radius 2 is 1.83 bits per heavy atom. The molecule has 1 aliphatic carbocycles. The van der Waals surface area contributed by atoms with Crippen LogP contribution >= 0.6 is 11.8 Å². The van der Waals surface area contributed by atoms with Crippen LogP contribution in [0.5, 0.6) is 11.5 Å². The molecule has 10 heteroatoms. The summed E-state index contributed by atoms with van der Waals surface area (Å²) in [7, 11) is 3.07. The van der Waals surface area contributed by atoms with Crippen LogP contribution in [0.1, 0.15) is 32.1 Å². The summed E-state index contributed by atoms with van der Waals surface area (Å²) in [5.74, 6) is 0.975. The maximum Gasteiger partial charge on any atom is 0.321 e. The summed E-state index contributed by atoms with van der Waals surface area (Å²) in [6.45, 7) is 0. The van der Waals surface area contributed by atoms with Crippen molar-refractivity contribution in [2.75, 3.05) is 20.0 Å². The minimum Gasteiger partial charge on any atom is -0.493 e. The Bertz CT molecular complexity index is 1290. The first-order valence-corrected chi connectivity index (χ1v) is 12.5. The first kappa shape index (κ1) is 24.6. The van der Waals surface area contributed by atoms with E-state index < -0.39 is 6.03 Å². The molecule has 1 saturated carbocycles. The van der Waals surface area contributed by atoms with E-state index in [1.165, 1.54) is 23.4 Å². The van der Waals surface area contributed by atoms with Crippen molar-refractivity contribution in [2.24, 2.45) is 0 Å². The second kappa shape index (κ2) is 11.3. The molecule has 0 bridgehead atoms. The third-order valence-electron chi connectivity index (χ3n) is 5.87. The second-order valence-corrected chi connectivity index (χ2v) is 9.25. The Morgan fingerprint density at radius 3 is 2.57 bits per heavy atom. The van der Waals surface area contributed by atoms with Crippen molar-refractivity contribution >= 4 is 34.6 Å². The summed E-state index contributed by atoms with van der Waals surface area (Å²) in [4.78, 5) is 42.5. The monoisotopic (exact) mass is 496 g/mol. The molecular formula is C25H28N4O5S. The van der Waals surface area contributed by atoms with Gasteiger partial charge in [-0.2, -0.15) is 0 Å². The van der Waals surface area contributed by atoms with Crippen LogP contribution in [-0.4, -0.2) is 47.5 Å². The van der Waals surface area contributed by atoms with Crippen LogP contribution in [-0.2, 0) is 4.79 Å². The fourth-order valence-electron chi connectivity index (χ4n) is 4.12. The minimum atomic E-state index is -0.460. The van der Waals surface area contributed by atoms with Crippen molar-refractivity contribution in [3.63, 3.8) is 0 Å². The van der Waals surface area contributed by atoms with Gasteiger partial charge in [-0.1, -0.05) is 36.7 Å². The molecule has 0 unspecified atom stereocenters. The maximum absolute atomic E-state index is 13.4. The highest BCUT2D eigenvalue weighted by atomic mass is 32.2. The number of ether oxygens (including phenoxy) is 2. The molecule has 1 fully saturated rings. The number of rotatable bonds is 8. The molecule has 0 atom stereocenters. The summed E-state index contributed by atoms with van der Waals surface area (Å²) in [5.41, 5.74) is 0.900. The van der Waals surface area contributed by atoms with Gasteiger partial charge in [-0.15, -0.1) is 0 Å². The molecule has 2 aromatic carbocycles. The van der Waals surface area contributed by atoms with Gasteiger partial charge in [-0.05, 0) is 37.1 Å². The van der Waals surface area contributed by atoms with E-state index >= 15 is 0 Å². The maximum atomic E-state index is 13.4. The first-order valence-electron chi connectivity index (χ1n) is 11.5. The molecule has 0 radical (unpaired) electrons. The molecular weight excluding hydrogens is 468 g/mol. The molecule has 4 rings (SSSR count). The van der Waals surface area contributed by atoms with Crippen LogP contribution in [0.3, 0.4) is 0 Å². The van der Waals surface area contributed by atoms with Gasteiger partial charge < -0.3 is 14.8 Å². The molecule has 3 amide bonds. The van der Waals surface area contributed by atoms with E-state index in [0.29, 0.717) is 39.0 Å². The molecule has 1 heterocycles. The van der Waals surface area contributed by atoms with Crippen molar-refractivity contribution in [1.29, 1.82) is 0 Å². The summed E-state index contributed by atoms with van der Waals surface area (Å²) in [5, 5.41) is 6.14. The smallest absolute Gasteiger partial charge is 0.321 e. The number of nitrogens with one attached hydrogen (secondary N) is 2. The number of amides is 3. The predicted octanol–water partition coefficient (Wildman–Crippen LogP) is 3.65. The quantitative estimate of drug-likeness (QED) is 0.362. The van der Waals surface area contributed by atoms with Gasteiger partial charge in [0, 0.05) is 24.3 Å². The van der Waals surface area contributed by atoms with Crippen molar-refractivity contribution in [3.8, 4) is 17.2 Å². The average Bonchev–Trinajstić information content (AvgIpc) is 3.36. The summed E-state index contributed by atoms with van der Waals surface area (Å²) < 4.78 is 12.2. The zero-order valence-electron chi connectivity index (χ0n) is 19.7. The normalized spacial score (nSPS) is 13.5. The highest BCUT2D eigenvalue weighted by Gasteiger charge is 2.19. The number of thioether (sulfide) groups is 1. The van der Waals surface area contributed by atoms with Crippen LogP contribution in [0.25, 0.3) is 16.6 Å². The first-order chi connectivity index (χ1) is 17.0. The Balaban J connectivity index is 1.53. The molecule has 1 aliphatic rings. The number of benzene rings is 2. The number of hydrogen-bond donors (Lipinski definition) is 2. The number of aromatic nitrogens is 2. The largest absolute Gasteiger partial charge is 0.493 e. The molecule has 35 heavy (non-hydrogen) atoms. The Hall–Kier alpha value is -3.53. The second-order valence-electron chi connectivity index (χ2n) is 8.19. The molecule has 0 saturated heterocycles. The molecule has 9 nitrogen and oxygen atoms in total. The van der Waals surface area contributed by atoms with Crippen molar-refractivity contribution < 1.29 is 19.1 Å². The number of imide groups is 1. The van der Waals surface area contributed by atoms with E-state index in [9.17, 15) is 14.4 Å². The van der Waals surface area contributed by atoms with E-state index in [1.807, 2.05) is 6.07 Å². The average molecular weight is 497 g/mol. The van der Waals surface area contributed by atoms with Crippen LogP contribution in [0, 0.1) is 0 Å². The third kappa shape index (κ3) is 5.76. The van der Waals surface area contributed by atoms with Gasteiger partial charge in [-0.25, -0.2) is 9.78 Å². The van der Waals surface area contributed by atoms with E-state index in [1.54, 1.807) is 43.5 Å². The highest BCUT2D eigenvalue weighted by molar-refractivity contribution is 7.99. The Morgan fingerprint density at radius 1 is 1.09 bits per heavy atom. The topological polar surface area (TPSA) is 112 Å². The van der Waals surface area contributed by atoms with E-state index in [0.717, 1.165) is 25.7 Å². The lowest BCUT2D eigenvalue weighted by Gasteiger charge is -2.15. The van der Waals surface area contributed by atoms with Crippen molar-refractivity contribution in [2.45, 2.75) is 43.3 Å². The van der Waals surface area contributed by atoms with E-state index in [-0.39, 0.29) is 23.9 Å². The molecule has 1 aromatic heterocycles. The third-order valence-corrected chi connectivity index (χ3v) is 6.81. The van der Waals surface area contributed by atoms with Gasteiger partial charge in [0.05, 0.1) is 30.8 Å². The predicted molar refractivity (Wildman–Crippen MR) is 135 cm³/mol. The molecule has 2 N–H and O–H groups in total. The van der Waals surface area contributed by atoms with Gasteiger partial charge in [0.1, 0.15) is 0 Å². The van der Waals surface area contributed by atoms with Gasteiger partial charge in [0.15, 0.2) is 16.7 Å².